The number of morpholine rings is 1. The van der Waals surface area contributed by atoms with Crippen LogP contribution in [0.2, 0.25) is 10.0 Å². The lowest BCUT2D eigenvalue weighted by Gasteiger charge is -2.26. The summed E-state index contributed by atoms with van der Waals surface area (Å²) in [5, 5.41) is 7.63. The molecule has 128 valence electrons. The van der Waals surface area contributed by atoms with Crippen LogP contribution in [0.3, 0.4) is 0 Å². The molecule has 0 saturated carbocycles. The number of ether oxygens (including phenoxy) is 1. The SMILES string of the molecule is Clc1ccc(Nc2cc(NCCN3CCOCC3)ncn2)c(Cl)c1. The van der Waals surface area contributed by atoms with Crippen molar-refractivity contribution in [3.8, 4) is 0 Å². The minimum atomic E-state index is 0.544. The Morgan fingerprint density at radius 2 is 1.88 bits per heavy atom. The molecule has 1 aliphatic rings. The maximum atomic E-state index is 6.17. The third-order valence-corrected chi connectivity index (χ3v) is 4.25. The molecule has 1 aliphatic heterocycles. The van der Waals surface area contributed by atoms with E-state index in [9.17, 15) is 0 Å². The molecule has 6 nitrogen and oxygen atoms in total. The normalized spacial score (nSPS) is 15.2. The van der Waals surface area contributed by atoms with Gasteiger partial charge < -0.3 is 15.4 Å². The number of rotatable bonds is 6. The first-order chi connectivity index (χ1) is 11.7. The van der Waals surface area contributed by atoms with Crippen molar-refractivity contribution in [2.24, 2.45) is 0 Å². The molecule has 3 rings (SSSR count). The molecular formula is C16H19Cl2N5O. The second-order valence-corrected chi connectivity index (χ2v) is 6.26. The summed E-state index contributed by atoms with van der Waals surface area (Å²) in [4.78, 5) is 10.8. The first kappa shape index (κ1) is 17.2. The van der Waals surface area contributed by atoms with Crippen molar-refractivity contribution in [3.05, 3.63) is 40.6 Å². The Hall–Kier alpha value is -1.60. The van der Waals surface area contributed by atoms with Gasteiger partial charge in [-0.3, -0.25) is 4.90 Å². The van der Waals surface area contributed by atoms with Crippen LogP contribution in [0.5, 0.6) is 0 Å². The van der Waals surface area contributed by atoms with Gasteiger partial charge in [-0.05, 0) is 18.2 Å². The van der Waals surface area contributed by atoms with Gasteiger partial charge in [-0.1, -0.05) is 23.2 Å². The molecule has 0 spiro atoms. The molecule has 1 aromatic carbocycles. The van der Waals surface area contributed by atoms with Crippen LogP contribution >= 0.6 is 23.2 Å². The highest BCUT2D eigenvalue weighted by Crippen LogP contribution is 2.27. The van der Waals surface area contributed by atoms with E-state index in [0.29, 0.717) is 15.9 Å². The van der Waals surface area contributed by atoms with E-state index in [-0.39, 0.29) is 0 Å². The number of nitrogens with zero attached hydrogens (tertiary/aromatic N) is 3. The van der Waals surface area contributed by atoms with Crippen LogP contribution in [-0.2, 0) is 4.74 Å². The molecule has 1 aromatic heterocycles. The Kier molecular flexibility index (Phi) is 6.09. The Morgan fingerprint density at radius 1 is 1.08 bits per heavy atom. The van der Waals surface area contributed by atoms with Gasteiger partial charge in [0.05, 0.1) is 23.9 Å². The fourth-order valence-corrected chi connectivity index (χ4v) is 2.87. The van der Waals surface area contributed by atoms with Crippen LogP contribution in [0, 0.1) is 0 Å². The van der Waals surface area contributed by atoms with E-state index in [0.717, 1.165) is 50.9 Å². The number of anilines is 3. The summed E-state index contributed by atoms with van der Waals surface area (Å²) < 4.78 is 5.34. The molecule has 1 fully saturated rings. The van der Waals surface area contributed by atoms with E-state index in [1.165, 1.54) is 6.33 Å². The lowest BCUT2D eigenvalue weighted by atomic mass is 10.3. The van der Waals surface area contributed by atoms with Crippen molar-refractivity contribution in [3.63, 3.8) is 0 Å². The van der Waals surface area contributed by atoms with E-state index in [1.54, 1.807) is 12.1 Å². The molecule has 0 radical (unpaired) electrons. The summed E-state index contributed by atoms with van der Waals surface area (Å²) in [6.45, 7) is 5.35. The molecule has 2 aromatic rings. The number of benzene rings is 1. The second-order valence-electron chi connectivity index (χ2n) is 5.42. The van der Waals surface area contributed by atoms with Gasteiger partial charge in [0.2, 0.25) is 0 Å². The summed E-state index contributed by atoms with van der Waals surface area (Å²) in [6.07, 6.45) is 1.52. The molecule has 0 unspecified atom stereocenters. The third kappa shape index (κ3) is 4.95. The van der Waals surface area contributed by atoms with Gasteiger partial charge in [0.15, 0.2) is 0 Å². The van der Waals surface area contributed by atoms with Crippen LogP contribution in [0.1, 0.15) is 0 Å². The summed E-state index contributed by atoms with van der Waals surface area (Å²) in [5.41, 5.74) is 0.749. The zero-order valence-corrected chi connectivity index (χ0v) is 14.6. The summed E-state index contributed by atoms with van der Waals surface area (Å²) in [7, 11) is 0. The highest BCUT2D eigenvalue weighted by molar-refractivity contribution is 6.36. The van der Waals surface area contributed by atoms with Crippen molar-refractivity contribution in [2.45, 2.75) is 0 Å². The van der Waals surface area contributed by atoms with Gasteiger partial charge in [0.1, 0.15) is 18.0 Å². The topological polar surface area (TPSA) is 62.3 Å². The van der Waals surface area contributed by atoms with E-state index in [4.69, 9.17) is 27.9 Å². The van der Waals surface area contributed by atoms with Gasteiger partial charge in [0, 0.05) is 37.3 Å². The van der Waals surface area contributed by atoms with Gasteiger partial charge in [-0.2, -0.15) is 0 Å². The Labute approximate surface area is 151 Å². The largest absolute Gasteiger partial charge is 0.379 e. The van der Waals surface area contributed by atoms with Gasteiger partial charge >= 0.3 is 0 Å². The number of aromatic nitrogens is 2. The quantitative estimate of drug-likeness (QED) is 0.816. The van der Waals surface area contributed by atoms with Crippen molar-refractivity contribution < 1.29 is 4.74 Å². The van der Waals surface area contributed by atoms with Crippen molar-refractivity contribution in [2.75, 3.05) is 50.0 Å². The van der Waals surface area contributed by atoms with E-state index in [1.807, 2.05) is 12.1 Å². The first-order valence-electron chi connectivity index (χ1n) is 7.79. The predicted molar refractivity (Wildman–Crippen MR) is 97.5 cm³/mol. The fraction of sp³-hybridized carbons (Fsp3) is 0.375. The molecule has 0 bridgehead atoms. The van der Waals surface area contributed by atoms with Gasteiger partial charge in [-0.25, -0.2) is 9.97 Å². The number of nitrogens with one attached hydrogen (secondary N) is 2. The zero-order chi connectivity index (χ0) is 16.8. The van der Waals surface area contributed by atoms with Crippen LogP contribution < -0.4 is 10.6 Å². The lowest BCUT2D eigenvalue weighted by molar-refractivity contribution is 0.0398. The molecule has 0 amide bonds. The molecule has 24 heavy (non-hydrogen) atoms. The lowest BCUT2D eigenvalue weighted by Crippen LogP contribution is -2.39. The zero-order valence-electron chi connectivity index (χ0n) is 13.1. The molecule has 1 saturated heterocycles. The molecular weight excluding hydrogens is 349 g/mol. The van der Waals surface area contributed by atoms with E-state index < -0.39 is 0 Å². The van der Waals surface area contributed by atoms with Crippen LogP contribution in [-0.4, -0.2) is 54.3 Å². The highest BCUT2D eigenvalue weighted by Gasteiger charge is 2.09. The van der Waals surface area contributed by atoms with Crippen LogP contribution in [0.4, 0.5) is 17.3 Å². The van der Waals surface area contributed by atoms with Gasteiger partial charge in [0.25, 0.3) is 0 Å². The highest BCUT2D eigenvalue weighted by atomic mass is 35.5. The smallest absolute Gasteiger partial charge is 0.135 e. The monoisotopic (exact) mass is 367 g/mol. The maximum Gasteiger partial charge on any atom is 0.135 e. The summed E-state index contributed by atoms with van der Waals surface area (Å²) >= 11 is 12.1. The minimum Gasteiger partial charge on any atom is -0.379 e. The van der Waals surface area contributed by atoms with Crippen molar-refractivity contribution in [1.29, 1.82) is 0 Å². The minimum absolute atomic E-state index is 0.544. The third-order valence-electron chi connectivity index (χ3n) is 3.70. The molecule has 2 heterocycles. The first-order valence-corrected chi connectivity index (χ1v) is 8.54. The second kappa shape index (κ2) is 8.48. The van der Waals surface area contributed by atoms with Gasteiger partial charge in [-0.15, -0.1) is 0 Å². The van der Waals surface area contributed by atoms with E-state index >= 15 is 0 Å². The Balaban J connectivity index is 1.55. The predicted octanol–water partition coefficient (Wildman–Crippen LogP) is 3.27. The van der Waals surface area contributed by atoms with Crippen molar-refractivity contribution >= 4 is 40.5 Å². The average Bonchev–Trinajstić information content (AvgIpc) is 2.59. The van der Waals surface area contributed by atoms with Crippen molar-refractivity contribution in [1.82, 2.24) is 14.9 Å². The maximum absolute atomic E-state index is 6.17. The molecule has 0 atom stereocenters. The van der Waals surface area contributed by atoms with E-state index in [2.05, 4.69) is 25.5 Å². The Bertz CT molecular complexity index is 679. The molecule has 0 aliphatic carbocycles. The van der Waals surface area contributed by atoms with Crippen LogP contribution in [0.25, 0.3) is 0 Å². The summed E-state index contributed by atoms with van der Waals surface area (Å²) in [5.74, 6) is 1.44. The van der Waals surface area contributed by atoms with Crippen LogP contribution in [0.15, 0.2) is 30.6 Å². The number of hydrogen-bond acceptors (Lipinski definition) is 6. The average molecular weight is 368 g/mol. The number of halogens is 2. The Morgan fingerprint density at radius 3 is 2.67 bits per heavy atom. The standard InChI is InChI=1S/C16H19Cl2N5O/c17-12-1-2-14(13(18)9-12)22-16-10-15(20-11-21-16)19-3-4-23-5-7-24-8-6-23/h1-2,9-11H,3-8H2,(H2,19,20,21,22). The number of hydrogen-bond donors (Lipinski definition) is 2. The summed E-state index contributed by atoms with van der Waals surface area (Å²) in [6, 6.07) is 7.13. The molecule has 2 N–H and O–H groups in total. The fourth-order valence-electron chi connectivity index (χ4n) is 2.42. The molecule has 8 heteroatoms.